The second-order valence-electron chi connectivity index (χ2n) is 3.98. The molecule has 0 aliphatic rings. The van der Waals surface area contributed by atoms with E-state index in [1.54, 1.807) is 24.5 Å². The van der Waals surface area contributed by atoms with Crippen molar-refractivity contribution < 1.29 is 19.8 Å². The van der Waals surface area contributed by atoms with Crippen LogP contribution in [0.25, 0.3) is 0 Å². The van der Waals surface area contributed by atoms with Crippen LogP contribution >= 0.6 is 0 Å². The van der Waals surface area contributed by atoms with E-state index < -0.39 is 17.6 Å². The number of aliphatic hydroxyl groups is 1. The second kappa shape index (κ2) is 5.97. The van der Waals surface area contributed by atoms with Gasteiger partial charge in [0.05, 0.1) is 6.54 Å². The summed E-state index contributed by atoms with van der Waals surface area (Å²) in [7, 11) is 0. The maximum absolute atomic E-state index is 11.3. The molecule has 7 nitrogen and oxygen atoms in total. The van der Waals surface area contributed by atoms with E-state index in [0.29, 0.717) is 0 Å². The van der Waals surface area contributed by atoms with Crippen molar-refractivity contribution in [2.75, 3.05) is 6.54 Å². The number of carbonyl (C=O) groups excluding carboxylic acids is 1. The average molecular weight is 253 g/mol. The number of nitrogens with one attached hydrogen (secondary N) is 2. The first-order chi connectivity index (χ1) is 8.42. The van der Waals surface area contributed by atoms with E-state index in [9.17, 15) is 14.7 Å². The average Bonchev–Trinajstić information content (AvgIpc) is 2.35. The Labute approximate surface area is 104 Å². The van der Waals surface area contributed by atoms with Crippen LogP contribution in [0, 0.1) is 0 Å². The van der Waals surface area contributed by atoms with Crippen molar-refractivity contribution in [1.29, 1.82) is 0 Å². The van der Waals surface area contributed by atoms with Gasteiger partial charge in [0, 0.05) is 18.9 Å². The van der Waals surface area contributed by atoms with Gasteiger partial charge in [-0.2, -0.15) is 0 Å². The van der Waals surface area contributed by atoms with Gasteiger partial charge in [-0.05, 0) is 18.6 Å². The van der Waals surface area contributed by atoms with E-state index in [1.165, 1.54) is 0 Å². The molecule has 0 bridgehead atoms. The Morgan fingerprint density at radius 1 is 1.44 bits per heavy atom. The molecular formula is C11H15N3O4. The number of carboxylic acid groups (broad SMARTS) is 1. The number of urea groups is 1. The van der Waals surface area contributed by atoms with Crippen LogP contribution in [0.2, 0.25) is 0 Å². The number of carbonyl (C=O) groups is 2. The van der Waals surface area contributed by atoms with Gasteiger partial charge in [0.25, 0.3) is 0 Å². The predicted octanol–water partition coefficient (Wildman–Crippen LogP) is -0.284. The SMILES string of the molecule is CC(O)(CNC(=O)NCc1cccnc1)C(=O)O. The Kier molecular flexibility index (Phi) is 4.61. The lowest BCUT2D eigenvalue weighted by atomic mass is 10.1. The van der Waals surface area contributed by atoms with E-state index >= 15 is 0 Å². The Hall–Kier alpha value is -2.15. The fourth-order valence-electron chi connectivity index (χ4n) is 1.08. The second-order valence-corrected chi connectivity index (χ2v) is 3.98. The highest BCUT2D eigenvalue weighted by molar-refractivity contribution is 5.79. The number of pyridine rings is 1. The summed E-state index contributed by atoms with van der Waals surface area (Å²) in [5.74, 6) is -1.39. The molecular weight excluding hydrogens is 238 g/mol. The summed E-state index contributed by atoms with van der Waals surface area (Å²) in [4.78, 5) is 25.8. The fourth-order valence-corrected chi connectivity index (χ4v) is 1.08. The van der Waals surface area contributed by atoms with E-state index in [4.69, 9.17) is 5.11 Å². The molecule has 7 heteroatoms. The molecule has 0 saturated carbocycles. The molecule has 2 amide bonds. The predicted molar refractivity (Wildman–Crippen MR) is 62.7 cm³/mol. The molecule has 1 atom stereocenters. The van der Waals surface area contributed by atoms with Gasteiger partial charge >= 0.3 is 12.0 Å². The lowest BCUT2D eigenvalue weighted by Gasteiger charge is -2.18. The van der Waals surface area contributed by atoms with Crippen molar-refractivity contribution in [3.63, 3.8) is 0 Å². The lowest BCUT2D eigenvalue weighted by Crippen LogP contribution is -2.48. The third-order valence-electron chi connectivity index (χ3n) is 2.23. The van der Waals surface area contributed by atoms with Gasteiger partial charge in [-0.3, -0.25) is 4.98 Å². The molecule has 1 aromatic heterocycles. The van der Waals surface area contributed by atoms with Crippen LogP contribution in [0.4, 0.5) is 4.79 Å². The number of nitrogens with zero attached hydrogens (tertiary/aromatic N) is 1. The molecule has 0 radical (unpaired) electrons. The molecule has 1 rings (SSSR count). The van der Waals surface area contributed by atoms with Gasteiger partial charge in [-0.1, -0.05) is 6.07 Å². The van der Waals surface area contributed by atoms with Gasteiger partial charge in [-0.15, -0.1) is 0 Å². The number of rotatable bonds is 5. The van der Waals surface area contributed by atoms with E-state index in [1.807, 2.05) is 0 Å². The first kappa shape index (κ1) is 13.9. The highest BCUT2D eigenvalue weighted by Gasteiger charge is 2.30. The molecule has 1 heterocycles. The third kappa shape index (κ3) is 4.38. The van der Waals surface area contributed by atoms with Gasteiger partial charge in [0.1, 0.15) is 0 Å². The molecule has 0 fully saturated rings. The number of hydrogen-bond acceptors (Lipinski definition) is 4. The quantitative estimate of drug-likeness (QED) is 0.576. The number of hydrogen-bond donors (Lipinski definition) is 4. The Morgan fingerprint density at radius 3 is 2.72 bits per heavy atom. The first-order valence-corrected chi connectivity index (χ1v) is 5.28. The van der Waals surface area contributed by atoms with Crippen molar-refractivity contribution in [1.82, 2.24) is 15.6 Å². The molecule has 98 valence electrons. The van der Waals surface area contributed by atoms with Crippen molar-refractivity contribution in [2.24, 2.45) is 0 Å². The smallest absolute Gasteiger partial charge is 0.337 e. The summed E-state index contributed by atoms with van der Waals surface area (Å²) in [5.41, 5.74) is -1.16. The minimum absolute atomic E-state index is 0.273. The topological polar surface area (TPSA) is 112 Å². The molecule has 4 N–H and O–H groups in total. The summed E-state index contributed by atoms with van der Waals surface area (Å²) in [5, 5.41) is 22.8. The largest absolute Gasteiger partial charge is 0.479 e. The standard InChI is InChI=1S/C11H15N3O4/c1-11(18,9(15)16)7-14-10(17)13-6-8-3-2-4-12-5-8/h2-5,18H,6-7H2,1H3,(H,15,16)(H2,13,14,17). The normalized spacial score (nSPS) is 13.4. The highest BCUT2D eigenvalue weighted by atomic mass is 16.4. The summed E-state index contributed by atoms with van der Waals surface area (Å²) in [6.07, 6.45) is 3.22. The molecule has 18 heavy (non-hydrogen) atoms. The van der Waals surface area contributed by atoms with Crippen LogP contribution in [-0.4, -0.2) is 39.3 Å². The van der Waals surface area contributed by atoms with Gasteiger partial charge < -0.3 is 20.8 Å². The zero-order valence-electron chi connectivity index (χ0n) is 9.88. The Morgan fingerprint density at radius 2 is 2.17 bits per heavy atom. The summed E-state index contributed by atoms with van der Waals surface area (Å²) in [6, 6.07) is 2.98. The van der Waals surface area contributed by atoms with Crippen molar-refractivity contribution in [3.8, 4) is 0 Å². The zero-order chi connectivity index (χ0) is 13.6. The Balaban J connectivity index is 2.33. The van der Waals surface area contributed by atoms with Crippen molar-refractivity contribution in [3.05, 3.63) is 30.1 Å². The van der Waals surface area contributed by atoms with Gasteiger partial charge in [0.15, 0.2) is 5.60 Å². The molecule has 0 aliphatic heterocycles. The highest BCUT2D eigenvalue weighted by Crippen LogP contribution is 2.00. The molecule has 1 aromatic rings. The third-order valence-corrected chi connectivity index (χ3v) is 2.23. The first-order valence-electron chi connectivity index (χ1n) is 5.28. The van der Waals surface area contributed by atoms with Gasteiger partial charge in [-0.25, -0.2) is 9.59 Å². The van der Waals surface area contributed by atoms with Crippen molar-refractivity contribution in [2.45, 2.75) is 19.1 Å². The lowest BCUT2D eigenvalue weighted by molar-refractivity contribution is -0.155. The van der Waals surface area contributed by atoms with E-state index in [0.717, 1.165) is 12.5 Å². The minimum Gasteiger partial charge on any atom is -0.479 e. The fraction of sp³-hybridized carbons (Fsp3) is 0.364. The van der Waals surface area contributed by atoms with Crippen molar-refractivity contribution >= 4 is 12.0 Å². The molecule has 0 spiro atoms. The van der Waals surface area contributed by atoms with E-state index in [2.05, 4.69) is 15.6 Å². The van der Waals surface area contributed by atoms with E-state index in [-0.39, 0.29) is 13.1 Å². The maximum atomic E-state index is 11.3. The molecule has 0 aliphatic carbocycles. The molecule has 1 unspecified atom stereocenters. The van der Waals surface area contributed by atoms with Crippen LogP contribution in [-0.2, 0) is 11.3 Å². The summed E-state index contributed by atoms with van der Waals surface area (Å²) >= 11 is 0. The van der Waals surface area contributed by atoms with Crippen LogP contribution < -0.4 is 10.6 Å². The van der Waals surface area contributed by atoms with Crippen LogP contribution in [0.15, 0.2) is 24.5 Å². The van der Waals surface area contributed by atoms with Crippen LogP contribution in [0.5, 0.6) is 0 Å². The minimum atomic E-state index is -1.98. The number of aliphatic carboxylic acids is 1. The summed E-state index contributed by atoms with van der Waals surface area (Å²) < 4.78 is 0. The zero-order valence-corrected chi connectivity index (χ0v) is 9.88. The number of carboxylic acids is 1. The summed E-state index contributed by atoms with van der Waals surface area (Å²) in [6.45, 7) is 1.01. The van der Waals surface area contributed by atoms with Crippen LogP contribution in [0.3, 0.4) is 0 Å². The van der Waals surface area contributed by atoms with Gasteiger partial charge in [0.2, 0.25) is 0 Å². The Bertz CT molecular complexity index is 420. The molecule has 0 saturated heterocycles. The molecule has 0 aromatic carbocycles. The number of amides is 2. The number of aromatic nitrogens is 1. The van der Waals surface area contributed by atoms with Crippen LogP contribution in [0.1, 0.15) is 12.5 Å². The monoisotopic (exact) mass is 253 g/mol. The maximum Gasteiger partial charge on any atom is 0.337 e.